The number of likely N-dealkylation sites (tertiary alicyclic amines) is 1. The van der Waals surface area contributed by atoms with Crippen LogP contribution < -0.4 is 0 Å². The summed E-state index contributed by atoms with van der Waals surface area (Å²) in [6.45, 7) is 3.24. The molecule has 1 amide bonds. The third-order valence-electron chi connectivity index (χ3n) is 3.32. The third kappa shape index (κ3) is 2.68. The second-order valence-corrected chi connectivity index (χ2v) is 5.78. The number of amides is 1. The number of carbonyl (C=O) groups is 1. The third-order valence-corrected chi connectivity index (χ3v) is 4.25. The average Bonchev–Trinajstić information content (AvgIpc) is 3.08. The van der Waals surface area contributed by atoms with Gasteiger partial charge in [-0.2, -0.15) is 4.98 Å². The highest BCUT2D eigenvalue weighted by Gasteiger charge is 2.33. The molecule has 1 aliphatic heterocycles. The van der Waals surface area contributed by atoms with Crippen molar-refractivity contribution in [2.24, 2.45) is 0 Å². The second kappa shape index (κ2) is 5.13. The molecule has 19 heavy (non-hydrogen) atoms. The van der Waals surface area contributed by atoms with Crippen LogP contribution in [0.5, 0.6) is 0 Å². The van der Waals surface area contributed by atoms with Crippen LogP contribution in [0.2, 0.25) is 0 Å². The van der Waals surface area contributed by atoms with E-state index in [4.69, 9.17) is 4.52 Å². The lowest BCUT2D eigenvalue weighted by atomic mass is 10.1. The van der Waals surface area contributed by atoms with Crippen molar-refractivity contribution in [2.75, 3.05) is 13.1 Å². The number of hydrogen-bond acceptors (Lipinski definition) is 5. The lowest BCUT2D eigenvalue weighted by Crippen LogP contribution is -2.27. The Morgan fingerprint density at radius 3 is 3.16 bits per heavy atom. The molecule has 1 saturated heterocycles. The Labute approximate surface area is 115 Å². The molecule has 0 bridgehead atoms. The molecule has 3 rings (SSSR count). The van der Waals surface area contributed by atoms with Gasteiger partial charge in [0.1, 0.15) is 0 Å². The van der Waals surface area contributed by atoms with Gasteiger partial charge < -0.3 is 9.42 Å². The van der Waals surface area contributed by atoms with Crippen molar-refractivity contribution in [1.29, 1.82) is 0 Å². The number of aromatic nitrogens is 2. The van der Waals surface area contributed by atoms with Crippen molar-refractivity contribution in [2.45, 2.75) is 25.7 Å². The number of hydrogen-bond donors (Lipinski definition) is 0. The van der Waals surface area contributed by atoms with Gasteiger partial charge >= 0.3 is 0 Å². The first-order chi connectivity index (χ1) is 9.22. The van der Waals surface area contributed by atoms with Gasteiger partial charge in [-0.05, 0) is 24.8 Å². The molecular weight excluding hydrogens is 262 g/mol. The van der Waals surface area contributed by atoms with Gasteiger partial charge in [-0.25, -0.2) is 0 Å². The highest BCUT2D eigenvalue weighted by molar-refractivity contribution is 7.09. The van der Waals surface area contributed by atoms with E-state index in [1.165, 1.54) is 4.88 Å². The van der Waals surface area contributed by atoms with E-state index in [1.807, 2.05) is 11.0 Å². The van der Waals surface area contributed by atoms with Crippen molar-refractivity contribution >= 4 is 17.2 Å². The van der Waals surface area contributed by atoms with E-state index >= 15 is 0 Å². The topological polar surface area (TPSA) is 59.2 Å². The summed E-state index contributed by atoms with van der Waals surface area (Å²) in [4.78, 5) is 19.4. The lowest BCUT2D eigenvalue weighted by molar-refractivity contribution is -0.127. The summed E-state index contributed by atoms with van der Waals surface area (Å²) in [7, 11) is 0. The fourth-order valence-electron chi connectivity index (χ4n) is 2.33. The van der Waals surface area contributed by atoms with Crippen molar-refractivity contribution in [1.82, 2.24) is 15.0 Å². The van der Waals surface area contributed by atoms with Gasteiger partial charge in [0.05, 0.1) is 5.92 Å². The van der Waals surface area contributed by atoms with E-state index in [0.717, 1.165) is 13.0 Å². The first-order valence-corrected chi connectivity index (χ1v) is 7.20. The maximum absolute atomic E-state index is 12.0. The maximum Gasteiger partial charge on any atom is 0.232 e. The van der Waals surface area contributed by atoms with Gasteiger partial charge in [0.2, 0.25) is 11.8 Å². The largest absolute Gasteiger partial charge is 0.342 e. The number of nitrogens with zero attached hydrogens (tertiary/aromatic N) is 3. The summed E-state index contributed by atoms with van der Waals surface area (Å²) in [5.74, 6) is 1.44. The summed E-state index contributed by atoms with van der Waals surface area (Å²) < 4.78 is 5.16. The molecule has 0 unspecified atom stereocenters. The van der Waals surface area contributed by atoms with Crippen LogP contribution in [-0.2, 0) is 11.2 Å². The summed E-state index contributed by atoms with van der Waals surface area (Å²) >= 11 is 1.73. The summed E-state index contributed by atoms with van der Waals surface area (Å²) in [6, 6.07) is 4.14. The monoisotopic (exact) mass is 277 g/mol. The van der Waals surface area contributed by atoms with E-state index in [9.17, 15) is 4.79 Å². The van der Waals surface area contributed by atoms with Gasteiger partial charge in [0.15, 0.2) is 5.82 Å². The van der Waals surface area contributed by atoms with E-state index in [2.05, 4.69) is 21.6 Å². The van der Waals surface area contributed by atoms with Crippen LogP contribution in [-0.4, -0.2) is 34.0 Å². The lowest BCUT2D eigenvalue weighted by Gasteiger charge is -2.15. The Hall–Kier alpha value is -1.69. The molecule has 1 aliphatic rings. The number of rotatable bonds is 4. The van der Waals surface area contributed by atoms with Gasteiger partial charge in [0, 0.05) is 24.4 Å². The Balaban J connectivity index is 1.60. The van der Waals surface area contributed by atoms with Crippen molar-refractivity contribution in [3.63, 3.8) is 0 Å². The molecule has 0 N–H and O–H groups in total. The standard InChI is InChI=1S/C13H15N3O2S/c1-9-14-13(18-15-9)10-7-12(17)16(8-10)5-4-11-3-2-6-19-11/h2-3,6,10H,4-5,7-8H2,1H3/t10-/m0/s1. The average molecular weight is 277 g/mol. The number of carbonyl (C=O) groups excluding carboxylic acids is 1. The minimum Gasteiger partial charge on any atom is -0.342 e. The van der Waals surface area contributed by atoms with E-state index in [-0.39, 0.29) is 11.8 Å². The fourth-order valence-corrected chi connectivity index (χ4v) is 3.03. The van der Waals surface area contributed by atoms with Gasteiger partial charge in [-0.15, -0.1) is 11.3 Å². The zero-order valence-electron chi connectivity index (χ0n) is 10.7. The van der Waals surface area contributed by atoms with Crippen molar-refractivity contribution in [3.05, 3.63) is 34.1 Å². The van der Waals surface area contributed by atoms with Gasteiger partial charge in [-0.1, -0.05) is 11.2 Å². The van der Waals surface area contributed by atoms with Crippen LogP contribution in [0.25, 0.3) is 0 Å². The minimum atomic E-state index is 0.0528. The number of thiophene rings is 1. The van der Waals surface area contributed by atoms with Gasteiger partial charge in [-0.3, -0.25) is 4.79 Å². The molecule has 0 spiro atoms. The molecule has 0 radical (unpaired) electrons. The quantitative estimate of drug-likeness (QED) is 0.857. The van der Waals surface area contributed by atoms with E-state index < -0.39 is 0 Å². The van der Waals surface area contributed by atoms with Crippen LogP contribution in [0.1, 0.15) is 28.9 Å². The number of aryl methyl sites for hydroxylation is 1. The SMILES string of the molecule is Cc1noc([C@H]2CC(=O)N(CCc3cccs3)C2)n1. The molecule has 1 fully saturated rings. The molecule has 2 aromatic rings. The summed E-state index contributed by atoms with van der Waals surface area (Å²) in [5.41, 5.74) is 0. The Morgan fingerprint density at radius 2 is 2.47 bits per heavy atom. The zero-order chi connectivity index (χ0) is 13.2. The smallest absolute Gasteiger partial charge is 0.232 e. The molecule has 6 heteroatoms. The highest BCUT2D eigenvalue weighted by Crippen LogP contribution is 2.27. The molecular formula is C13H15N3O2S. The molecule has 0 aromatic carbocycles. The predicted molar refractivity (Wildman–Crippen MR) is 71.0 cm³/mol. The van der Waals surface area contributed by atoms with Crippen LogP contribution in [0.4, 0.5) is 0 Å². The van der Waals surface area contributed by atoms with Crippen molar-refractivity contribution < 1.29 is 9.32 Å². The predicted octanol–water partition coefficient (Wildman–Crippen LogP) is 2.00. The Morgan fingerprint density at radius 1 is 1.58 bits per heavy atom. The molecule has 5 nitrogen and oxygen atoms in total. The van der Waals surface area contributed by atoms with Crippen molar-refractivity contribution in [3.8, 4) is 0 Å². The minimum absolute atomic E-state index is 0.0528. The maximum atomic E-state index is 12.0. The molecule has 1 atom stereocenters. The first-order valence-electron chi connectivity index (χ1n) is 6.33. The van der Waals surface area contributed by atoms with Crippen LogP contribution in [0.3, 0.4) is 0 Å². The van der Waals surface area contributed by atoms with E-state index in [0.29, 0.717) is 24.7 Å². The van der Waals surface area contributed by atoms with Crippen LogP contribution >= 0.6 is 11.3 Å². The van der Waals surface area contributed by atoms with E-state index in [1.54, 1.807) is 18.3 Å². The highest BCUT2D eigenvalue weighted by atomic mass is 32.1. The van der Waals surface area contributed by atoms with Crippen LogP contribution in [0.15, 0.2) is 22.0 Å². The summed E-state index contributed by atoms with van der Waals surface area (Å²) in [6.07, 6.45) is 1.39. The summed E-state index contributed by atoms with van der Waals surface area (Å²) in [5, 5.41) is 5.84. The molecule has 0 saturated carbocycles. The second-order valence-electron chi connectivity index (χ2n) is 4.75. The van der Waals surface area contributed by atoms with Gasteiger partial charge in [0.25, 0.3) is 0 Å². The fraction of sp³-hybridized carbons (Fsp3) is 0.462. The molecule has 3 heterocycles. The molecule has 0 aliphatic carbocycles. The van der Waals surface area contributed by atoms with Crippen LogP contribution in [0, 0.1) is 6.92 Å². The molecule has 2 aromatic heterocycles. The molecule has 100 valence electrons. The Bertz CT molecular complexity index is 564. The Kier molecular flexibility index (Phi) is 3.33. The zero-order valence-corrected chi connectivity index (χ0v) is 11.5. The first kappa shape index (κ1) is 12.3. The normalized spacial score (nSPS) is 19.3.